The normalized spacial score (nSPS) is 18.2. The fourth-order valence-electron chi connectivity index (χ4n) is 4.23. The summed E-state index contributed by atoms with van der Waals surface area (Å²) in [4.78, 5) is 28.4. The predicted octanol–water partition coefficient (Wildman–Crippen LogP) is 1.88. The number of anilines is 1. The van der Waals surface area contributed by atoms with Crippen molar-refractivity contribution in [2.75, 3.05) is 37.6 Å². The summed E-state index contributed by atoms with van der Waals surface area (Å²) >= 11 is 0. The molecule has 0 saturated carbocycles. The SMILES string of the molecule is O=C(NCCC(=O)N1CCCCC1)C1CCN(c2ccc3nnc(C(F)(F)F)n3n2)CC1. The number of likely N-dealkylation sites (tertiary alicyclic amines) is 1. The van der Waals surface area contributed by atoms with Crippen LogP contribution in [0.15, 0.2) is 12.1 Å². The monoisotopic (exact) mass is 453 g/mol. The highest BCUT2D eigenvalue weighted by Gasteiger charge is 2.38. The molecule has 2 aromatic rings. The van der Waals surface area contributed by atoms with E-state index in [9.17, 15) is 22.8 Å². The Bertz CT molecular complexity index is 964. The summed E-state index contributed by atoms with van der Waals surface area (Å²) in [6.07, 6.45) is -0.00760. The summed E-state index contributed by atoms with van der Waals surface area (Å²) in [6, 6.07) is 3.06. The van der Waals surface area contributed by atoms with Crippen molar-refractivity contribution in [3.05, 3.63) is 18.0 Å². The van der Waals surface area contributed by atoms with Gasteiger partial charge in [-0.05, 0) is 44.2 Å². The first-order valence-corrected chi connectivity index (χ1v) is 10.9. The van der Waals surface area contributed by atoms with E-state index in [0.29, 0.717) is 49.2 Å². The van der Waals surface area contributed by atoms with Crippen molar-refractivity contribution in [3.8, 4) is 0 Å². The number of nitrogens with one attached hydrogen (secondary N) is 1. The Balaban J connectivity index is 1.27. The molecular formula is C20H26F3N7O2. The highest BCUT2D eigenvalue weighted by molar-refractivity contribution is 5.80. The number of nitrogens with zero attached hydrogens (tertiary/aromatic N) is 6. The lowest BCUT2D eigenvalue weighted by Gasteiger charge is -2.32. The van der Waals surface area contributed by atoms with Crippen LogP contribution in [-0.4, -0.2) is 69.2 Å². The number of rotatable bonds is 5. The molecule has 0 spiro atoms. The smallest absolute Gasteiger partial charge is 0.355 e. The lowest BCUT2D eigenvalue weighted by Crippen LogP contribution is -2.42. The van der Waals surface area contributed by atoms with Crippen LogP contribution in [0.2, 0.25) is 0 Å². The number of fused-ring (bicyclic) bond motifs is 1. The Hall–Kier alpha value is -2.92. The van der Waals surface area contributed by atoms with E-state index in [-0.39, 0.29) is 23.4 Å². The third-order valence-electron chi connectivity index (χ3n) is 6.04. The molecule has 2 fully saturated rings. The molecule has 1 N–H and O–H groups in total. The number of hydrogen-bond acceptors (Lipinski definition) is 6. The highest BCUT2D eigenvalue weighted by Crippen LogP contribution is 2.28. The second-order valence-electron chi connectivity index (χ2n) is 8.23. The van der Waals surface area contributed by atoms with Crippen molar-refractivity contribution in [2.24, 2.45) is 5.92 Å². The molecule has 0 aliphatic carbocycles. The van der Waals surface area contributed by atoms with Gasteiger partial charge in [0, 0.05) is 45.1 Å². The minimum atomic E-state index is -4.65. The van der Waals surface area contributed by atoms with Gasteiger partial charge in [0.1, 0.15) is 5.82 Å². The largest absolute Gasteiger partial charge is 0.453 e. The fraction of sp³-hybridized carbons (Fsp3) is 0.650. The predicted molar refractivity (Wildman–Crippen MR) is 109 cm³/mol. The molecule has 2 amide bonds. The zero-order valence-corrected chi connectivity index (χ0v) is 17.6. The average Bonchev–Trinajstić information content (AvgIpc) is 3.23. The first-order chi connectivity index (χ1) is 15.3. The Kier molecular flexibility index (Phi) is 6.47. The minimum absolute atomic E-state index is 0.0226. The number of aromatic nitrogens is 4. The van der Waals surface area contributed by atoms with Crippen LogP contribution >= 0.6 is 0 Å². The Morgan fingerprint density at radius 3 is 2.44 bits per heavy atom. The first kappa shape index (κ1) is 22.3. The molecule has 0 radical (unpaired) electrons. The highest BCUT2D eigenvalue weighted by atomic mass is 19.4. The molecule has 0 aromatic carbocycles. The van der Waals surface area contributed by atoms with Gasteiger partial charge in [-0.2, -0.15) is 17.7 Å². The molecule has 4 heterocycles. The topological polar surface area (TPSA) is 95.7 Å². The number of carbonyl (C=O) groups excluding carboxylic acids is 2. The van der Waals surface area contributed by atoms with E-state index in [1.807, 2.05) is 9.80 Å². The van der Waals surface area contributed by atoms with Crippen molar-refractivity contribution >= 4 is 23.3 Å². The molecular weight excluding hydrogens is 427 g/mol. The maximum atomic E-state index is 13.1. The van der Waals surface area contributed by atoms with Gasteiger partial charge in [-0.15, -0.1) is 15.3 Å². The third-order valence-corrected chi connectivity index (χ3v) is 6.04. The van der Waals surface area contributed by atoms with E-state index in [0.717, 1.165) is 32.4 Å². The Labute approximate surface area is 182 Å². The summed E-state index contributed by atoms with van der Waals surface area (Å²) in [5.41, 5.74) is 0.0226. The molecule has 174 valence electrons. The molecule has 0 atom stereocenters. The number of halogens is 3. The molecule has 2 saturated heterocycles. The summed E-state index contributed by atoms with van der Waals surface area (Å²) in [5, 5.41) is 13.6. The van der Waals surface area contributed by atoms with Crippen LogP contribution < -0.4 is 10.2 Å². The van der Waals surface area contributed by atoms with E-state index in [1.54, 1.807) is 6.07 Å². The van der Waals surface area contributed by atoms with E-state index in [4.69, 9.17) is 0 Å². The van der Waals surface area contributed by atoms with E-state index in [1.165, 1.54) is 6.07 Å². The molecule has 0 unspecified atom stereocenters. The zero-order chi connectivity index (χ0) is 22.7. The Morgan fingerprint density at radius 2 is 1.75 bits per heavy atom. The Morgan fingerprint density at radius 1 is 1.03 bits per heavy atom. The number of piperidine rings is 2. The van der Waals surface area contributed by atoms with Crippen molar-refractivity contribution in [1.82, 2.24) is 30.0 Å². The van der Waals surface area contributed by atoms with Gasteiger partial charge >= 0.3 is 6.18 Å². The molecule has 32 heavy (non-hydrogen) atoms. The van der Waals surface area contributed by atoms with Gasteiger partial charge < -0.3 is 15.1 Å². The summed E-state index contributed by atoms with van der Waals surface area (Å²) in [7, 11) is 0. The lowest BCUT2D eigenvalue weighted by molar-refractivity contribution is -0.146. The van der Waals surface area contributed by atoms with Gasteiger partial charge in [0.25, 0.3) is 5.82 Å². The molecule has 2 aliphatic rings. The number of carbonyl (C=O) groups is 2. The lowest BCUT2D eigenvalue weighted by atomic mass is 9.96. The van der Waals surface area contributed by atoms with Gasteiger partial charge in [-0.25, -0.2) is 0 Å². The second-order valence-corrected chi connectivity index (χ2v) is 8.23. The van der Waals surface area contributed by atoms with Crippen LogP contribution in [0.25, 0.3) is 5.65 Å². The van der Waals surface area contributed by atoms with Gasteiger partial charge in [0.05, 0.1) is 0 Å². The van der Waals surface area contributed by atoms with Crippen molar-refractivity contribution in [2.45, 2.75) is 44.7 Å². The molecule has 4 rings (SSSR count). The maximum absolute atomic E-state index is 13.1. The van der Waals surface area contributed by atoms with Crippen molar-refractivity contribution in [1.29, 1.82) is 0 Å². The van der Waals surface area contributed by atoms with Crippen molar-refractivity contribution < 1.29 is 22.8 Å². The minimum Gasteiger partial charge on any atom is -0.355 e. The zero-order valence-electron chi connectivity index (χ0n) is 17.6. The van der Waals surface area contributed by atoms with Crippen LogP contribution in [0.1, 0.15) is 44.3 Å². The van der Waals surface area contributed by atoms with E-state index < -0.39 is 12.0 Å². The second kappa shape index (κ2) is 9.29. The van der Waals surface area contributed by atoms with Gasteiger partial charge in [-0.3, -0.25) is 9.59 Å². The summed E-state index contributed by atoms with van der Waals surface area (Å²) in [6.45, 7) is 2.90. The number of alkyl halides is 3. The molecule has 9 nitrogen and oxygen atoms in total. The van der Waals surface area contributed by atoms with E-state index in [2.05, 4.69) is 20.6 Å². The van der Waals surface area contributed by atoms with Crippen LogP contribution in [0.4, 0.5) is 19.0 Å². The van der Waals surface area contributed by atoms with E-state index >= 15 is 0 Å². The molecule has 2 aliphatic heterocycles. The molecule has 12 heteroatoms. The fourth-order valence-corrected chi connectivity index (χ4v) is 4.23. The first-order valence-electron chi connectivity index (χ1n) is 10.9. The number of hydrogen-bond donors (Lipinski definition) is 1. The van der Waals surface area contributed by atoms with Crippen LogP contribution in [-0.2, 0) is 15.8 Å². The summed E-state index contributed by atoms with van der Waals surface area (Å²) < 4.78 is 39.9. The van der Waals surface area contributed by atoms with Crippen LogP contribution in [0.5, 0.6) is 0 Å². The maximum Gasteiger partial charge on any atom is 0.453 e. The molecule has 0 bridgehead atoms. The summed E-state index contributed by atoms with van der Waals surface area (Å²) in [5.74, 6) is -0.983. The molecule has 2 aromatic heterocycles. The number of amides is 2. The van der Waals surface area contributed by atoms with Gasteiger partial charge in [0.2, 0.25) is 11.8 Å². The quantitative estimate of drug-likeness (QED) is 0.743. The van der Waals surface area contributed by atoms with Crippen molar-refractivity contribution in [3.63, 3.8) is 0 Å². The van der Waals surface area contributed by atoms with Crippen LogP contribution in [0.3, 0.4) is 0 Å². The van der Waals surface area contributed by atoms with Gasteiger partial charge in [-0.1, -0.05) is 0 Å². The average molecular weight is 453 g/mol. The standard InChI is InChI=1S/C20H26F3N7O2/c21-20(22,23)19-26-25-15-4-5-16(27-30(15)19)28-12-7-14(8-13-28)18(32)24-9-6-17(31)29-10-2-1-3-11-29/h4-5,14H,1-3,6-13H2,(H,24,32). The van der Waals surface area contributed by atoms with Gasteiger partial charge in [0.15, 0.2) is 5.65 Å². The van der Waals surface area contributed by atoms with Crippen LogP contribution in [0, 0.1) is 5.92 Å². The third kappa shape index (κ3) is 4.94.